The number of anilines is 1. The van der Waals surface area contributed by atoms with Crippen LogP contribution in [0, 0.1) is 0 Å². The summed E-state index contributed by atoms with van der Waals surface area (Å²) in [4.78, 5) is 21.0. The molecule has 25 heavy (non-hydrogen) atoms. The Labute approximate surface area is 150 Å². The number of hydrogen-bond donors (Lipinski definition) is 1. The van der Waals surface area contributed by atoms with E-state index in [0.717, 1.165) is 23.6 Å². The van der Waals surface area contributed by atoms with Crippen LogP contribution in [-0.2, 0) is 12.8 Å². The van der Waals surface area contributed by atoms with Gasteiger partial charge in [-0.3, -0.25) is 4.79 Å². The van der Waals surface area contributed by atoms with Crippen LogP contribution < -0.4 is 5.32 Å². The molecule has 0 bridgehead atoms. The lowest BCUT2D eigenvalue weighted by Crippen LogP contribution is -2.15. The number of hydrogen-bond acceptors (Lipinski definition) is 4. The molecule has 0 unspecified atom stereocenters. The first-order chi connectivity index (χ1) is 12.1. The number of benzene rings is 1. The van der Waals surface area contributed by atoms with Crippen LogP contribution in [0.2, 0.25) is 5.02 Å². The highest BCUT2D eigenvalue weighted by molar-refractivity contribution is 6.30. The first-order valence-corrected chi connectivity index (χ1v) is 8.45. The van der Waals surface area contributed by atoms with Crippen molar-refractivity contribution < 1.29 is 4.79 Å². The van der Waals surface area contributed by atoms with Crippen LogP contribution in [0.15, 0.2) is 42.9 Å². The zero-order chi connectivity index (χ0) is 17.8. The quantitative estimate of drug-likeness (QED) is 0.757. The summed E-state index contributed by atoms with van der Waals surface area (Å²) in [5, 5.41) is 7.79. The summed E-state index contributed by atoms with van der Waals surface area (Å²) in [6.07, 6.45) is 6.19. The number of carbonyl (C=O) groups is 1. The highest BCUT2D eigenvalue weighted by atomic mass is 35.5. The van der Waals surface area contributed by atoms with Crippen LogP contribution in [-0.4, -0.2) is 25.7 Å². The van der Waals surface area contributed by atoms with Crippen molar-refractivity contribution in [1.29, 1.82) is 0 Å². The van der Waals surface area contributed by atoms with Crippen LogP contribution >= 0.6 is 11.6 Å². The van der Waals surface area contributed by atoms with E-state index in [0.29, 0.717) is 22.7 Å². The molecular weight excluding hydrogens is 338 g/mol. The number of aromatic nitrogens is 4. The van der Waals surface area contributed by atoms with Gasteiger partial charge in [-0.1, -0.05) is 31.5 Å². The number of nitrogens with zero attached hydrogens (tertiary/aromatic N) is 4. The molecule has 0 aliphatic carbocycles. The van der Waals surface area contributed by atoms with E-state index in [-0.39, 0.29) is 5.91 Å². The molecule has 0 atom stereocenters. The maximum atomic E-state index is 12.6. The smallest absolute Gasteiger partial charge is 0.259 e. The summed E-state index contributed by atoms with van der Waals surface area (Å²) < 4.78 is 1.73. The highest BCUT2D eigenvalue weighted by Crippen LogP contribution is 2.20. The first-order valence-electron chi connectivity index (χ1n) is 8.07. The molecule has 1 aromatic carbocycles. The van der Waals surface area contributed by atoms with E-state index < -0.39 is 0 Å². The van der Waals surface area contributed by atoms with Crippen molar-refractivity contribution in [3.05, 3.63) is 65.0 Å². The van der Waals surface area contributed by atoms with Crippen molar-refractivity contribution >= 4 is 23.2 Å². The molecule has 2 aromatic heterocycles. The zero-order valence-electron chi connectivity index (χ0n) is 14.0. The maximum Gasteiger partial charge on any atom is 0.259 e. The van der Waals surface area contributed by atoms with Crippen LogP contribution in [0.4, 0.5) is 5.69 Å². The SMILES string of the molecule is CCc1ncc(NC(=O)c2cnn(-c3cccc(Cl)c3)c2CC)cn1. The predicted molar refractivity (Wildman–Crippen MR) is 97.3 cm³/mol. The van der Waals surface area contributed by atoms with Crippen molar-refractivity contribution in [2.45, 2.75) is 26.7 Å². The Bertz CT molecular complexity index is 889. The van der Waals surface area contributed by atoms with Crippen molar-refractivity contribution in [1.82, 2.24) is 19.7 Å². The molecule has 0 saturated heterocycles. The summed E-state index contributed by atoms with van der Waals surface area (Å²) in [5.74, 6) is 0.499. The molecule has 3 rings (SSSR count). The molecule has 0 spiro atoms. The van der Waals surface area contributed by atoms with Crippen molar-refractivity contribution in [2.75, 3.05) is 5.32 Å². The molecule has 0 aliphatic heterocycles. The average molecular weight is 356 g/mol. The second-order valence-corrected chi connectivity index (χ2v) is 5.88. The van der Waals surface area contributed by atoms with Crippen molar-refractivity contribution in [3.8, 4) is 5.69 Å². The van der Waals surface area contributed by atoms with Crippen molar-refractivity contribution in [3.63, 3.8) is 0 Å². The molecule has 1 amide bonds. The molecule has 0 saturated carbocycles. The van der Waals surface area contributed by atoms with Gasteiger partial charge in [0.2, 0.25) is 0 Å². The lowest BCUT2D eigenvalue weighted by molar-refractivity contribution is 0.102. The van der Waals surface area contributed by atoms with Crippen LogP contribution in [0.5, 0.6) is 0 Å². The Morgan fingerprint density at radius 3 is 2.56 bits per heavy atom. The Balaban J connectivity index is 1.87. The summed E-state index contributed by atoms with van der Waals surface area (Å²) in [5.41, 5.74) is 2.70. The fraction of sp³-hybridized carbons (Fsp3) is 0.222. The zero-order valence-corrected chi connectivity index (χ0v) is 14.8. The van der Waals surface area contributed by atoms with Crippen molar-refractivity contribution in [2.24, 2.45) is 0 Å². The number of rotatable bonds is 5. The predicted octanol–water partition coefficient (Wildman–Crippen LogP) is 3.69. The Hall–Kier alpha value is -2.73. The van der Waals surface area contributed by atoms with Gasteiger partial charge in [0.05, 0.1) is 41.2 Å². The van der Waals surface area contributed by atoms with Gasteiger partial charge in [0.25, 0.3) is 5.91 Å². The summed E-state index contributed by atoms with van der Waals surface area (Å²) in [7, 11) is 0. The minimum atomic E-state index is -0.238. The molecule has 1 N–H and O–H groups in total. The van der Waals surface area contributed by atoms with Crippen LogP contribution in [0.3, 0.4) is 0 Å². The third-order valence-electron chi connectivity index (χ3n) is 3.78. The normalized spacial score (nSPS) is 10.7. The standard InChI is InChI=1S/C18H18ClN5O/c1-3-16-15(11-22-24(16)14-7-5-6-12(19)8-14)18(25)23-13-9-20-17(4-2)21-10-13/h5-11H,3-4H2,1-2H3,(H,23,25). The van der Waals surface area contributed by atoms with E-state index in [1.54, 1.807) is 29.3 Å². The van der Waals surface area contributed by atoms with Gasteiger partial charge in [-0.15, -0.1) is 0 Å². The largest absolute Gasteiger partial charge is 0.319 e. The molecular formula is C18H18ClN5O. The van der Waals surface area contributed by atoms with Gasteiger partial charge in [0, 0.05) is 11.4 Å². The lowest BCUT2D eigenvalue weighted by atomic mass is 10.2. The monoisotopic (exact) mass is 355 g/mol. The van der Waals surface area contributed by atoms with Gasteiger partial charge in [-0.2, -0.15) is 5.10 Å². The molecule has 7 heteroatoms. The summed E-state index contributed by atoms with van der Waals surface area (Å²) in [6, 6.07) is 7.36. The molecule has 0 radical (unpaired) electrons. The number of aryl methyl sites for hydroxylation is 1. The van der Waals surface area contributed by atoms with E-state index in [9.17, 15) is 4.79 Å². The third kappa shape index (κ3) is 3.69. The van der Waals surface area contributed by atoms with Crippen LogP contribution in [0.1, 0.15) is 35.7 Å². The van der Waals surface area contributed by atoms with Gasteiger partial charge in [-0.05, 0) is 24.6 Å². The second kappa shape index (κ2) is 7.44. The minimum Gasteiger partial charge on any atom is -0.319 e. The molecule has 3 aromatic rings. The van der Waals surface area contributed by atoms with Gasteiger partial charge >= 0.3 is 0 Å². The highest BCUT2D eigenvalue weighted by Gasteiger charge is 2.17. The summed E-state index contributed by atoms with van der Waals surface area (Å²) >= 11 is 6.06. The fourth-order valence-corrected chi connectivity index (χ4v) is 2.72. The molecule has 2 heterocycles. The Kier molecular flexibility index (Phi) is 5.09. The van der Waals surface area contributed by atoms with E-state index in [1.165, 1.54) is 0 Å². The Morgan fingerprint density at radius 1 is 1.16 bits per heavy atom. The molecule has 0 aliphatic rings. The fourth-order valence-electron chi connectivity index (χ4n) is 2.53. The summed E-state index contributed by atoms with van der Waals surface area (Å²) in [6.45, 7) is 3.96. The third-order valence-corrected chi connectivity index (χ3v) is 4.02. The van der Waals surface area contributed by atoms with Gasteiger partial charge in [0.15, 0.2) is 0 Å². The number of amides is 1. The average Bonchev–Trinajstić information content (AvgIpc) is 3.06. The Morgan fingerprint density at radius 2 is 1.92 bits per heavy atom. The van der Waals surface area contributed by atoms with Gasteiger partial charge in [-0.25, -0.2) is 14.6 Å². The molecule has 128 valence electrons. The van der Waals surface area contributed by atoms with E-state index in [2.05, 4.69) is 20.4 Å². The first kappa shape index (κ1) is 17.1. The van der Waals surface area contributed by atoms with E-state index >= 15 is 0 Å². The topological polar surface area (TPSA) is 72.7 Å². The second-order valence-electron chi connectivity index (χ2n) is 5.45. The molecule has 6 nitrogen and oxygen atoms in total. The van der Waals surface area contributed by atoms with E-state index in [1.807, 2.05) is 32.0 Å². The lowest BCUT2D eigenvalue weighted by Gasteiger charge is -2.09. The number of carbonyl (C=O) groups excluding carboxylic acids is 1. The molecule has 0 fully saturated rings. The van der Waals surface area contributed by atoms with Gasteiger partial charge in [0.1, 0.15) is 5.82 Å². The number of halogens is 1. The van der Waals surface area contributed by atoms with Crippen LogP contribution in [0.25, 0.3) is 5.69 Å². The maximum absolute atomic E-state index is 12.6. The number of nitrogens with one attached hydrogen (secondary N) is 1. The van der Waals surface area contributed by atoms with Gasteiger partial charge < -0.3 is 5.32 Å². The minimum absolute atomic E-state index is 0.238. The van der Waals surface area contributed by atoms with E-state index in [4.69, 9.17) is 11.6 Å².